The lowest BCUT2D eigenvalue weighted by molar-refractivity contribution is 0.137. The zero-order valence-electron chi connectivity index (χ0n) is 9.03. The van der Waals surface area contributed by atoms with Gasteiger partial charge in [0.15, 0.2) is 0 Å². The molecular weight excluding hydrogens is 192 g/mol. The highest BCUT2D eigenvalue weighted by Gasteiger charge is 2.56. The van der Waals surface area contributed by atoms with Gasteiger partial charge in [0.25, 0.3) is 0 Å². The van der Waals surface area contributed by atoms with Gasteiger partial charge in [-0.2, -0.15) is 0 Å². The first-order chi connectivity index (χ1) is 6.79. The molecule has 0 nitrogen and oxygen atoms in total. The van der Waals surface area contributed by atoms with Crippen molar-refractivity contribution in [3.05, 3.63) is 0 Å². The highest BCUT2D eigenvalue weighted by atomic mass is 35.5. The summed E-state index contributed by atoms with van der Waals surface area (Å²) in [7, 11) is 0. The number of halogens is 1. The summed E-state index contributed by atoms with van der Waals surface area (Å²) in [5, 5.41) is 0. The van der Waals surface area contributed by atoms with Crippen LogP contribution in [-0.4, -0.2) is 5.88 Å². The van der Waals surface area contributed by atoms with E-state index in [9.17, 15) is 0 Å². The molecule has 14 heavy (non-hydrogen) atoms. The van der Waals surface area contributed by atoms with E-state index in [1.807, 2.05) is 0 Å². The molecular formula is C13H21Cl. The van der Waals surface area contributed by atoms with E-state index in [1.54, 1.807) is 0 Å². The molecule has 0 aromatic heterocycles. The van der Waals surface area contributed by atoms with Crippen LogP contribution in [0.2, 0.25) is 0 Å². The van der Waals surface area contributed by atoms with E-state index in [0.717, 1.165) is 22.6 Å². The van der Waals surface area contributed by atoms with Gasteiger partial charge in [0.05, 0.1) is 0 Å². The topological polar surface area (TPSA) is 0 Å². The molecule has 3 rings (SSSR count). The molecule has 1 heteroatoms. The summed E-state index contributed by atoms with van der Waals surface area (Å²) >= 11 is 5.97. The molecule has 0 saturated heterocycles. The Balaban J connectivity index is 1.63. The third-order valence-corrected chi connectivity index (χ3v) is 5.89. The predicted molar refractivity (Wildman–Crippen MR) is 60.6 cm³/mol. The van der Waals surface area contributed by atoms with Crippen molar-refractivity contribution < 1.29 is 0 Å². The highest BCUT2D eigenvalue weighted by Crippen LogP contribution is 2.66. The van der Waals surface area contributed by atoms with Crippen LogP contribution in [0.1, 0.15) is 57.8 Å². The molecule has 2 spiro atoms. The molecule has 3 aliphatic rings. The van der Waals surface area contributed by atoms with Gasteiger partial charge in [-0.1, -0.05) is 12.8 Å². The Labute approximate surface area is 92.4 Å². The van der Waals surface area contributed by atoms with Gasteiger partial charge in [-0.15, -0.1) is 11.6 Å². The third kappa shape index (κ3) is 1.33. The van der Waals surface area contributed by atoms with Gasteiger partial charge in [0, 0.05) is 5.88 Å². The maximum Gasteiger partial charge on any atom is 0.0257 e. The van der Waals surface area contributed by atoms with Crippen LogP contribution >= 0.6 is 11.6 Å². The van der Waals surface area contributed by atoms with E-state index < -0.39 is 0 Å². The van der Waals surface area contributed by atoms with Crippen molar-refractivity contribution in [2.24, 2.45) is 16.7 Å². The van der Waals surface area contributed by atoms with Crippen molar-refractivity contribution >= 4 is 11.6 Å². The zero-order chi connectivity index (χ0) is 9.65. The van der Waals surface area contributed by atoms with Crippen LogP contribution in [0.5, 0.6) is 0 Å². The zero-order valence-corrected chi connectivity index (χ0v) is 9.78. The molecule has 1 unspecified atom stereocenters. The van der Waals surface area contributed by atoms with Gasteiger partial charge in [-0.3, -0.25) is 0 Å². The summed E-state index contributed by atoms with van der Waals surface area (Å²) in [6.07, 6.45) is 13.6. The molecule has 0 heterocycles. The summed E-state index contributed by atoms with van der Waals surface area (Å²) in [6.45, 7) is 0. The van der Waals surface area contributed by atoms with Crippen molar-refractivity contribution in [1.29, 1.82) is 0 Å². The summed E-state index contributed by atoms with van der Waals surface area (Å²) < 4.78 is 0. The molecule has 3 aliphatic carbocycles. The lowest BCUT2D eigenvalue weighted by Crippen LogP contribution is -2.26. The Hall–Kier alpha value is 0.290. The Morgan fingerprint density at radius 1 is 0.929 bits per heavy atom. The quantitative estimate of drug-likeness (QED) is 0.567. The fraction of sp³-hybridized carbons (Fsp3) is 1.00. The molecule has 0 amide bonds. The second kappa shape index (κ2) is 3.14. The van der Waals surface area contributed by atoms with E-state index >= 15 is 0 Å². The number of alkyl halides is 1. The van der Waals surface area contributed by atoms with Crippen LogP contribution in [0.4, 0.5) is 0 Å². The van der Waals surface area contributed by atoms with Crippen LogP contribution in [0.15, 0.2) is 0 Å². The summed E-state index contributed by atoms with van der Waals surface area (Å²) in [5.74, 6) is 1.82. The molecule has 0 radical (unpaired) electrons. The Bertz CT molecular complexity index is 217. The Morgan fingerprint density at radius 3 is 2.07 bits per heavy atom. The van der Waals surface area contributed by atoms with Crippen LogP contribution in [0.3, 0.4) is 0 Å². The lowest BCUT2D eigenvalue weighted by Gasteiger charge is -2.38. The first-order valence-corrected chi connectivity index (χ1v) is 6.88. The minimum Gasteiger partial charge on any atom is -0.126 e. The van der Waals surface area contributed by atoms with Crippen LogP contribution in [-0.2, 0) is 0 Å². The second-order valence-corrected chi connectivity index (χ2v) is 6.43. The molecule has 80 valence electrons. The predicted octanol–water partition coefficient (Wildman–Crippen LogP) is 4.37. The van der Waals surface area contributed by atoms with Crippen LogP contribution in [0.25, 0.3) is 0 Å². The van der Waals surface area contributed by atoms with Gasteiger partial charge in [0.2, 0.25) is 0 Å². The van der Waals surface area contributed by atoms with Gasteiger partial charge < -0.3 is 0 Å². The van der Waals surface area contributed by atoms with Crippen molar-refractivity contribution in [3.8, 4) is 0 Å². The summed E-state index contributed by atoms with van der Waals surface area (Å²) in [4.78, 5) is 0. The average molecular weight is 213 g/mol. The van der Waals surface area contributed by atoms with E-state index in [1.165, 1.54) is 57.8 Å². The lowest BCUT2D eigenvalue weighted by atomic mass is 9.67. The Kier molecular flexibility index (Phi) is 2.13. The third-order valence-electron chi connectivity index (χ3n) is 5.52. The van der Waals surface area contributed by atoms with Gasteiger partial charge in [-0.25, -0.2) is 0 Å². The monoisotopic (exact) mass is 212 g/mol. The molecule has 1 atom stereocenters. The van der Waals surface area contributed by atoms with Crippen molar-refractivity contribution in [2.75, 3.05) is 5.88 Å². The van der Waals surface area contributed by atoms with E-state index in [-0.39, 0.29) is 0 Å². The minimum absolute atomic E-state index is 0.746. The van der Waals surface area contributed by atoms with E-state index in [2.05, 4.69) is 0 Å². The van der Waals surface area contributed by atoms with Gasteiger partial charge >= 0.3 is 0 Å². The molecule has 3 fully saturated rings. The van der Waals surface area contributed by atoms with E-state index in [4.69, 9.17) is 11.6 Å². The number of hydrogen-bond donors (Lipinski definition) is 0. The first-order valence-electron chi connectivity index (χ1n) is 6.35. The van der Waals surface area contributed by atoms with Crippen LogP contribution < -0.4 is 0 Å². The number of hydrogen-bond acceptors (Lipinski definition) is 0. The average Bonchev–Trinajstić information content (AvgIpc) is 2.72. The van der Waals surface area contributed by atoms with Crippen molar-refractivity contribution in [2.45, 2.75) is 57.8 Å². The Morgan fingerprint density at radius 2 is 1.57 bits per heavy atom. The SMILES string of the molecule is ClCC1CC12CCC1(CCCC1)CC2. The molecule has 0 aromatic carbocycles. The molecule has 0 aromatic rings. The minimum atomic E-state index is 0.746. The number of rotatable bonds is 1. The van der Waals surface area contributed by atoms with Crippen molar-refractivity contribution in [3.63, 3.8) is 0 Å². The first kappa shape index (κ1) is 9.51. The molecule has 3 saturated carbocycles. The van der Waals surface area contributed by atoms with Gasteiger partial charge in [-0.05, 0) is 61.7 Å². The standard InChI is InChI=1S/C13H21Cl/c14-10-11-9-13(11)7-5-12(6-8-13)3-1-2-4-12/h11H,1-10H2. The summed E-state index contributed by atoms with van der Waals surface area (Å²) in [6, 6.07) is 0. The molecule has 0 aliphatic heterocycles. The second-order valence-electron chi connectivity index (χ2n) is 6.12. The molecule has 0 bridgehead atoms. The largest absolute Gasteiger partial charge is 0.126 e. The normalized spacial score (nSPS) is 37.9. The van der Waals surface area contributed by atoms with E-state index in [0.29, 0.717) is 0 Å². The highest BCUT2D eigenvalue weighted by molar-refractivity contribution is 6.18. The molecule has 0 N–H and O–H groups in total. The van der Waals surface area contributed by atoms with Gasteiger partial charge in [0.1, 0.15) is 0 Å². The van der Waals surface area contributed by atoms with Crippen LogP contribution in [0, 0.1) is 16.7 Å². The van der Waals surface area contributed by atoms with Crippen molar-refractivity contribution in [1.82, 2.24) is 0 Å². The fourth-order valence-corrected chi connectivity index (χ4v) is 4.60. The summed E-state index contributed by atoms with van der Waals surface area (Å²) in [5.41, 5.74) is 1.56. The maximum absolute atomic E-state index is 5.97. The fourth-order valence-electron chi connectivity index (χ4n) is 4.17. The smallest absolute Gasteiger partial charge is 0.0257 e. The maximum atomic E-state index is 5.97.